The van der Waals surface area contributed by atoms with Crippen LogP contribution in [0.3, 0.4) is 0 Å². The lowest BCUT2D eigenvalue weighted by Gasteiger charge is -1.97. The van der Waals surface area contributed by atoms with Gasteiger partial charge >= 0.3 is 0 Å². The molecule has 0 saturated carbocycles. The molecule has 0 atom stereocenters. The minimum Gasteiger partial charge on any atom is -0.384 e. The number of ether oxygens (including phenoxy) is 2. The van der Waals surface area contributed by atoms with E-state index in [-0.39, 0.29) is 0 Å². The van der Waals surface area contributed by atoms with E-state index in [2.05, 4.69) is 79.0 Å². The van der Waals surface area contributed by atoms with Crippen LogP contribution in [0, 0.1) is 0 Å². The fourth-order valence-corrected chi connectivity index (χ4v) is 3.45. The van der Waals surface area contributed by atoms with Gasteiger partial charge in [0.1, 0.15) is 0 Å². The molecule has 0 aromatic heterocycles. The van der Waals surface area contributed by atoms with Gasteiger partial charge in [-0.05, 0) is 55.1 Å². The smallest absolute Gasteiger partial charge is 0.0713 e. The lowest BCUT2D eigenvalue weighted by molar-refractivity contribution is 0.185. The SMILES string of the molecule is CCCc1ccccc1.CNCCc1ccccc1.COCCc1ccccc1.COCc1ccccc1. The molecule has 0 saturated heterocycles. The zero-order valence-corrected chi connectivity index (χ0v) is 23.8. The Morgan fingerprint density at radius 3 is 1.26 bits per heavy atom. The topological polar surface area (TPSA) is 30.5 Å². The van der Waals surface area contributed by atoms with Crippen LogP contribution in [0.2, 0.25) is 0 Å². The molecule has 0 fully saturated rings. The third-order valence-corrected chi connectivity index (χ3v) is 5.48. The van der Waals surface area contributed by atoms with E-state index in [0.717, 1.165) is 26.0 Å². The summed E-state index contributed by atoms with van der Waals surface area (Å²) < 4.78 is 9.87. The maximum absolute atomic E-state index is 4.95. The number of nitrogens with one attached hydrogen (secondary N) is 1. The summed E-state index contributed by atoms with van der Waals surface area (Å²) >= 11 is 0. The number of methoxy groups -OCH3 is 2. The van der Waals surface area contributed by atoms with E-state index in [1.165, 1.54) is 35.1 Å². The summed E-state index contributed by atoms with van der Waals surface area (Å²) in [7, 11) is 5.40. The molecule has 0 aliphatic rings. The van der Waals surface area contributed by atoms with Crippen molar-refractivity contribution >= 4 is 0 Å². The van der Waals surface area contributed by atoms with Crippen LogP contribution >= 0.6 is 0 Å². The summed E-state index contributed by atoms with van der Waals surface area (Å²) in [6, 6.07) is 41.5. The van der Waals surface area contributed by atoms with E-state index in [4.69, 9.17) is 9.47 Å². The van der Waals surface area contributed by atoms with Crippen LogP contribution in [-0.4, -0.2) is 34.4 Å². The summed E-state index contributed by atoms with van der Waals surface area (Å²) in [6.07, 6.45) is 4.58. The average molecular weight is 514 g/mol. The van der Waals surface area contributed by atoms with Crippen LogP contribution in [-0.2, 0) is 35.3 Å². The third kappa shape index (κ3) is 18.1. The quantitative estimate of drug-likeness (QED) is 0.235. The Labute approximate surface area is 231 Å². The molecule has 0 amide bonds. The van der Waals surface area contributed by atoms with Crippen LogP contribution < -0.4 is 5.32 Å². The molecule has 0 aliphatic carbocycles. The largest absolute Gasteiger partial charge is 0.384 e. The molecule has 4 aromatic carbocycles. The molecule has 4 aromatic rings. The van der Waals surface area contributed by atoms with Gasteiger partial charge in [-0.2, -0.15) is 0 Å². The van der Waals surface area contributed by atoms with Gasteiger partial charge in [-0.15, -0.1) is 0 Å². The normalized spacial score (nSPS) is 9.58. The Balaban J connectivity index is 0.000000254. The molecule has 0 bridgehead atoms. The standard InChI is InChI=1S/C9H13N.C9H12O.C9H12.C8H10O/c2*1-10-8-7-9-5-3-2-4-6-9;1-2-6-9-7-4-3-5-8-9;1-9-7-8-5-3-2-4-6-8/h2-6,10H,7-8H2,1H3;2-6H,7-8H2,1H3;3-5,7-8H,2,6H2,1H3;2-6H,7H2,1H3. The van der Waals surface area contributed by atoms with E-state index < -0.39 is 0 Å². The van der Waals surface area contributed by atoms with Crippen LogP contribution in [0.15, 0.2) is 121 Å². The fraction of sp³-hybridized carbons (Fsp3) is 0.314. The predicted molar refractivity (Wildman–Crippen MR) is 164 cm³/mol. The molecular weight excluding hydrogens is 466 g/mol. The van der Waals surface area contributed by atoms with Gasteiger partial charge in [-0.3, -0.25) is 0 Å². The molecule has 0 unspecified atom stereocenters. The van der Waals surface area contributed by atoms with Gasteiger partial charge in [0.25, 0.3) is 0 Å². The highest BCUT2D eigenvalue weighted by Crippen LogP contribution is 2.01. The van der Waals surface area contributed by atoms with Crippen molar-refractivity contribution in [3.8, 4) is 0 Å². The molecule has 0 heterocycles. The second-order valence-corrected chi connectivity index (χ2v) is 8.72. The van der Waals surface area contributed by atoms with Crippen molar-refractivity contribution in [2.75, 3.05) is 34.4 Å². The summed E-state index contributed by atoms with van der Waals surface area (Å²) in [5.41, 5.74) is 5.40. The lowest BCUT2D eigenvalue weighted by Crippen LogP contribution is -2.09. The van der Waals surface area contributed by atoms with E-state index in [1.54, 1.807) is 14.2 Å². The third-order valence-electron chi connectivity index (χ3n) is 5.48. The molecule has 0 spiro atoms. The van der Waals surface area contributed by atoms with Crippen molar-refractivity contribution in [3.63, 3.8) is 0 Å². The van der Waals surface area contributed by atoms with Crippen molar-refractivity contribution in [1.29, 1.82) is 0 Å². The van der Waals surface area contributed by atoms with E-state index in [0.29, 0.717) is 6.61 Å². The van der Waals surface area contributed by atoms with Gasteiger partial charge in [0.15, 0.2) is 0 Å². The first kappa shape index (κ1) is 32.8. The zero-order valence-electron chi connectivity index (χ0n) is 23.8. The van der Waals surface area contributed by atoms with Crippen molar-refractivity contribution in [1.82, 2.24) is 5.32 Å². The van der Waals surface area contributed by atoms with Crippen molar-refractivity contribution in [2.24, 2.45) is 0 Å². The average Bonchev–Trinajstić information content (AvgIpc) is 2.99. The summed E-state index contributed by atoms with van der Waals surface area (Å²) in [5.74, 6) is 0. The van der Waals surface area contributed by atoms with Crippen molar-refractivity contribution in [2.45, 2.75) is 39.2 Å². The van der Waals surface area contributed by atoms with Gasteiger partial charge in [0, 0.05) is 14.2 Å². The summed E-state index contributed by atoms with van der Waals surface area (Å²) in [4.78, 5) is 0. The molecular formula is C35H47NO2. The van der Waals surface area contributed by atoms with Crippen LogP contribution in [0.4, 0.5) is 0 Å². The first-order valence-electron chi connectivity index (χ1n) is 13.5. The van der Waals surface area contributed by atoms with E-state index in [1.807, 2.05) is 61.6 Å². The highest BCUT2D eigenvalue weighted by molar-refractivity contribution is 5.16. The summed E-state index contributed by atoms with van der Waals surface area (Å²) in [5, 5.41) is 3.12. The number of hydrogen-bond acceptors (Lipinski definition) is 3. The molecule has 204 valence electrons. The summed E-state index contributed by atoms with van der Waals surface area (Å²) in [6.45, 7) is 4.78. The first-order valence-corrected chi connectivity index (χ1v) is 13.5. The Bertz CT molecular complexity index is 908. The van der Waals surface area contributed by atoms with Crippen molar-refractivity contribution < 1.29 is 9.47 Å². The monoisotopic (exact) mass is 513 g/mol. The minimum atomic E-state index is 0.709. The van der Waals surface area contributed by atoms with E-state index >= 15 is 0 Å². The maximum Gasteiger partial charge on any atom is 0.0713 e. The highest BCUT2D eigenvalue weighted by atomic mass is 16.5. The Morgan fingerprint density at radius 2 is 0.895 bits per heavy atom. The van der Waals surface area contributed by atoms with Crippen molar-refractivity contribution in [3.05, 3.63) is 144 Å². The number of likely N-dealkylation sites (N-methyl/N-ethyl adjacent to an activating group) is 1. The second kappa shape index (κ2) is 24.1. The fourth-order valence-electron chi connectivity index (χ4n) is 3.45. The molecule has 1 N–H and O–H groups in total. The van der Waals surface area contributed by atoms with Gasteiger partial charge in [-0.1, -0.05) is 135 Å². The Hall–Kier alpha value is -3.24. The molecule has 0 radical (unpaired) electrons. The molecule has 3 nitrogen and oxygen atoms in total. The number of aryl methyl sites for hydroxylation is 1. The Morgan fingerprint density at radius 1 is 0.500 bits per heavy atom. The zero-order chi connectivity index (χ0) is 27.5. The van der Waals surface area contributed by atoms with Crippen LogP contribution in [0.25, 0.3) is 0 Å². The first-order chi connectivity index (χ1) is 18.7. The Kier molecular flexibility index (Phi) is 20.8. The molecule has 4 rings (SSSR count). The van der Waals surface area contributed by atoms with Gasteiger partial charge in [0.05, 0.1) is 13.2 Å². The minimum absolute atomic E-state index is 0.709. The van der Waals surface area contributed by atoms with E-state index in [9.17, 15) is 0 Å². The number of hydrogen-bond donors (Lipinski definition) is 1. The van der Waals surface area contributed by atoms with Gasteiger partial charge in [0.2, 0.25) is 0 Å². The lowest BCUT2D eigenvalue weighted by atomic mass is 10.1. The number of benzene rings is 4. The van der Waals surface area contributed by atoms with Gasteiger partial charge < -0.3 is 14.8 Å². The second-order valence-electron chi connectivity index (χ2n) is 8.72. The van der Waals surface area contributed by atoms with Gasteiger partial charge in [-0.25, -0.2) is 0 Å². The van der Waals surface area contributed by atoms with Crippen LogP contribution in [0.5, 0.6) is 0 Å². The molecule has 3 heteroatoms. The number of rotatable bonds is 10. The predicted octanol–water partition coefficient (Wildman–Crippen LogP) is 7.80. The van der Waals surface area contributed by atoms with Crippen LogP contribution in [0.1, 0.15) is 35.6 Å². The molecule has 0 aliphatic heterocycles. The highest BCUT2D eigenvalue weighted by Gasteiger charge is 1.88. The maximum atomic E-state index is 4.95. The molecule has 38 heavy (non-hydrogen) atoms.